The molecule has 1 unspecified atom stereocenters. The van der Waals surface area contributed by atoms with Crippen molar-refractivity contribution in [2.24, 2.45) is 5.73 Å². The van der Waals surface area contributed by atoms with E-state index in [0.717, 1.165) is 10.9 Å². The van der Waals surface area contributed by atoms with Gasteiger partial charge in [0.1, 0.15) is 0 Å². The highest BCUT2D eigenvalue weighted by atomic mass is 79.9. The van der Waals surface area contributed by atoms with E-state index in [-0.39, 0.29) is 5.54 Å². The average molecular weight is 296 g/mol. The third-order valence-corrected chi connectivity index (χ3v) is 4.35. The van der Waals surface area contributed by atoms with Crippen LogP contribution in [0.5, 0.6) is 0 Å². The third kappa shape index (κ3) is 2.54. The van der Waals surface area contributed by atoms with E-state index in [1.54, 1.807) is 11.3 Å². The summed E-state index contributed by atoms with van der Waals surface area (Å²) in [5.74, 6) is 0. The van der Waals surface area contributed by atoms with Gasteiger partial charge in [-0.15, -0.1) is 0 Å². The minimum Gasteiger partial charge on any atom is -0.321 e. The molecule has 0 aliphatic heterocycles. The predicted octanol–water partition coefficient (Wildman–Crippen LogP) is 3.93. The van der Waals surface area contributed by atoms with Crippen LogP contribution in [0.4, 0.5) is 0 Å². The number of halogens is 1. The van der Waals surface area contributed by atoms with Crippen LogP contribution in [0.15, 0.2) is 45.6 Å². The molecule has 0 fully saturated rings. The first kappa shape index (κ1) is 11.8. The summed E-state index contributed by atoms with van der Waals surface area (Å²) in [6.07, 6.45) is 0.850. The van der Waals surface area contributed by atoms with E-state index in [9.17, 15) is 0 Å². The molecule has 0 saturated carbocycles. The van der Waals surface area contributed by atoms with Crippen LogP contribution >= 0.6 is 27.3 Å². The van der Waals surface area contributed by atoms with Gasteiger partial charge in [0.05, 0.1) is 0 Å². The SMILES string of the molecule is CC(N)(Cc1ccccc1)c1cscc1Br. The minimum atomic E-state index is -0.319. The van der Waals surface area contributed by atoms with E-state index < -0.39 is 0 Å². The van der Waals surface area contributed by atoms with E-state index in [1.165, 1.54) is 11.1 Å². The molecule has 1 nitrogen and oxygen atoms in total. The molecule has 16 heavy (non-hydrogen) atoms. The molecule has 84 valence electrons. The quantitative estimate of drug-likeness (QED) is 0.912. The Morgan fingerprint density at radius 3 is 2.50 bits per heavy atom. The molecule has 0 saturated heterocycles. The zero-order chi connectivity index (χ0) is 11.6. The largest absolute Gasteiger partial charge is 0.321 e. The lowest BCUT2D eigenvalue weighted by Gasteiger charge is -2.24. The minimum absolute atomic E-state index is 0.319. The maximum atomic E-state index is 6.39. The van der Waals surface area contributed by atoms with Crippen molar-refractivity contribution < 1.29 is 0 Å². The third-order valence-electron chi connectivity index (χ3n) is 2.64. The summed E-state index contributed by atoms with van der Waals surface area (Å²) in [7, 11) is 0. The summed E-state index contributed by atoms with van der Waals surface area (Å²) in [5.41, 5.74) is 8.52. The van der Waals surface area contributed by atoms with Crippen molar-refractivity contribution in [1.82, 2.24) is 0 Å². The van der Waals surface area contributed by atoms with Crippen LogP contribution < -0.4 is 5.73 Å². The molecule has 2 aromatic rings. The van der Waals surface area contributed by atoms with Crippen LogP contribution in [0.1, 0.15) is 18.1 Å². The summed E-state index contributed by atoms with van der Waals surface area (Å²) in [4.78, 5) is 0. The van der Waals surface area contributed by atoms with E-state index in [0.29, 0.717) is 0 Å². The monoisotopic (exact) mass is 295 g/mol. The Balaban J connectivity index is 2.24. The van der Waals surface area contributed by atoms with E-state index >= 15 is 0 Å². The molecule has 2 rings (SSSR count). The molecule has 1 atom stereocenters. The topological polar surface area (TPSA) is 26.0 Å². The van der Waals surface area contributed by atoms with Gasteiger partial charge in [0.15, 0.2) is 0 Å². The molecule has 0 aliphatic rings. The number of benzene rings is 1. The van der Waals surface area contributed by atoms with Gasteiger partial charge in [-0.1, -0.05) is 30.3 Å². The predicted molar refractivity (Wildman–Crippen MR) is 73.7 cm³/mol. The van der Waals surface area contributed by atoms with Gasteiger partial charge in [-0.25, -0.2) is 0 Å². The summed E-state index contributed by atoms with van der Waals surface area (Å²) in [5, 5.41) is 4.19. The Bertz CT molecular complexity index is 462. The van der Waals surface area contributed by atoms with Gasteiger partial charge in [0.25, 0.3) is 0 Å². The second-order valence-electron chi connectivity index (χ2n) is 4.21. The average Bonchev–Trinajstić information content (AvgIpc) is 2.66. The van der Waals surface area contributed by atoms with Crippen molar-refractivity contribution in [3.8, 4) is 0 Å². The first-order valence-electron chi connectivity index (χ1n) is 5.14. The lowest BCUT2D eigenvalue weighted by Crippen LogP contribution is -2.35. The molecule has 3 heteroatoms. The highest BCUT2D eigenvalue weighted by Gasteiger charge is 2.24. The normalized spacial score (nSPS) is 14.7. The van der Waals surface area contributed by atoms with E-state index in [4.69, 9.17) is 5.73 Å². The summed E-state index contributed by atoms with van der Waals surface area (Å²) in [6, 6.07) is 10.4. The number of thiophene rings is 1. The van der Waals surface area contributed by atoms with Crippen LogP contribution in [-0.2, 0) is 12.0 Å². The van der Waals surface area contributed by atoms with E-state index in [2.05, 4.69) is 45.7 Å². The molecule has 1 heterocycles. The van der Waals surface area contributed by atoms with Crippen molar-refractivity contribution in [3.63, 3.8) is 0 Å². The summed E-state index contributed by atoms with van der Waals surface area (Å²) < 4.78 is 1.11. The fourth-order valence-electron chi connectivity index (χ4n) is 1.80. The Morgan fingerprint density at radius 2 is 1.94 bits per heavy atom. The van der Waals surface area contributed by atoms with Crippen LogP contribution in [0.25, 0.3) is 0 Å². The number of hydrogen-bond donors (Lipinski definition) is 1. The van der Waals surface area contributed by atoms with Crippen molar-refractivity contribution in [1.29, 1.82) is 0 Å². The number of rotatable bonds is 3. The molecular formula is C13H14BrNS. The number of nitrogens with two attached hydrogens (primary N) is 1. The van der Waals surface area contributed by atoms with Gasteiger partial charge < -0.3 is 5.73 Å². The molecule has 0 aliphatic carbocycles. The van der Waals surface area contributed by atoms with Crippen LogP contribution in [0.2, 0.25) is 0 Å². The second kappa shape index (κ2) is 4.70. The Kier molecular flexibility index (Phi) is 3.47. The molecule has 1 aromatic carbocycles. The highest BCUT2D eigenvalue weighted by Crippen LogP contribution is 2.32. The van der Waals surface area contributed by atoms with Crippen LogP contribution in [0, 0.1) is 0 Å². The number of hydrogen-bond acceptors (Lipinski definition) is 2. The maximum absolute atomic E-state index is 6.39. The zero-order valence-corrected chi connectivity index (χ0v) is 11.5. The van der Waals surface area contributed by atoms with Gasteiger partial charge in [-0.05, 0) is 45.8 Å². The lowest BCUT2D eigenvalue weighted by molar-refractivity contribution is 0.491. The maximum Gasteiger partial charge on any atom is 0.0441 e. The van der Waals surface area contributed by atoms with Gasteiger partial charge >= 0.3 is 0 Å². The van der Waals surface area contributed by atoms with Crippen molar-refractivity contribution in [3.05, 3.63) is 56.7 Å². The molecule has 0 spiro atoms. The van der Waals surface area contributed by atoms with Gasteiger partial charge in [-0.2, -0.15) is 11.3 Å². The molecule has 0 amide bonds. The van der Waals surface area contributed by atoms with Gasteiger partial charge in [-0.3, -0.25) is 0 Å². The van der Waals surface area contributed by atoms with Crippen LogP contribution in [-0.4, -0.2) is 0 Å². The summed E-state index contributed by atoms with van der Waals surface area (Å²) in [6.45, 7) is 2.08. The molecule has 1 aromatic heterocycles. The second-order valence-corrected chi connectivity index (χ2v) is 5.81. The van der Waals surface area contributed by atoms with Gasteiger partial charge in [0.2, 0.25) is 0 Å². The Labute approximate surface area is 108 Å². The molecule has 2 N–H and O–H groups in total. The van der Waals surface area contributed by atoms with Gasteiger partial charge in [0, 0.05) is 15.4 Å². The fraction of sp³-hybridized carbons (Fsp3) is 0.231. The first-order chi connectivity index (χ1) is 7.59. The van der Waals surface area contributed by atoms with Crippen LogP contribution in [0.3, 0.4) is 0 Å². The van der Waals surface area contributed by atoms with Crippen molar-refractivity contribution >= 4 is 27.3 Å². The lowest BCUT2D eigenvalue weighted by atomic mass is 9.88. The van der Waals surface area contributed by atoms with Crippen molar-refractivity contribution in [2.75, 3.05) is 0 Å². The zero-order valence-electron chi connectivity index (χ0n) is 9.11. The highest BCUT2D eigenvalue weighted by molar-refractivity contribution is 9.10. The molecule has 0 bridgehead atoms. The van der Waals surface area contributed by atoms with Crippen molar-refractivity contribution in [2.45, 2.75) is 18.9 Å². The Morgan fingerprint density at radius 1 is 1.25 bits per heavy atom. The smallest absolute Gasteiger partial charge is 0.0441 e. The standard InChI is InChI=1S/C13H14BrNS/c1-13(15,11-8-16-9-12(11)14)7-10-5-3-2-4-6-10/h2-6,8-9H,7,15H2,1H3. The first-order valence-corrected chi connectivity index (χ1v) is 6.88. The fourth-order valence-corrected chi connectivity index (χ4v) is 3.69. The molecular weight excluding hydrogens is 282 g/mol. The molecule has 0 radical (unpaired) electrons. The summed E-state index contributed by atoms with van der Waals surface area (Å²) >= 11 is 5.22. The Hall–Kier alpha value is -0.640. The van der Waals surface area contributed by atoms with E-state index in [1.807, 2.05) is 18.2 Å².